The Hall–Kier alpha value is -3.20. The van der Waals surface area contributed by atoms with E-state index in [-0.39, 0.29) is 6.10 Å². The standard InChI is InChI=1S/C21H22N4O2/c1-16(2)27-20-9-8-18(15-23-20)6-3-5-17-10-13-25(14-11-17)21-19(24-26)7-4-12-22-21/h4-5,7-9,12,15-16H,10-11,13-14H2,1-2H3/p+1. The highest BCUT2D eigenvalue weighted by molar-refractivity contribution is 5.58. The zero-order chi connectivity index (χ0) is 19.1. The molecule has 0 saturated carbocycles. The van der Waals surface area contributed by atoms with Gasteiger partial charge in [0.25, 0.3) is 0 Å². The third kappa shape index (κ3) is 5.14. The number of rotatable bonds is 4. The topological polar surface area (TPSA) is 68.9 Å². The number of hydrogen-bond donors (Lipinski definition) is 0. The highest BCUT2D eigenvalue weighted by atomic mass is 16.5. The molecule has 2 aromatic rings. The molecule has 3 rings (SSSR count). The quantitative estimate of drug-likeness (QED) is 0.614. The van der Waals surface area contributed by atoms with E-state index in [1.807, 2.05) is 38.3 Å². The number of nitrogens with one attached hydrogen (secondary N) is 1. The molecule has 0 bridgehead atoms. The fourth-order valence-electron chi connectivity index (χ4n) is 2.89. The van der Waals surface area contributed by atoms with Crippen LogP contribution in [0, 0.1) is 16.7 Å². The van der Waals surface area contributed by atoms with Crippen molar-refractivity contribution in [1.29, 1.82) is 0 Å². The van der Waals surface area contributed by atoms with Crippen molar-refractivity contribution in [2.24, 2.45) is 5.18 Å². The number of allylic oxidation sites excluding steroid dienone is 1. The van der Waals surface area contributed by atoms with Crippen LogP contribution in [0.25, 0.3) is 0 Å². The van der Waals surface area contributed by atoms with Crippen LogP contribution >= 0.6 is 0 Å². The lowest BCUT2D eigenvalue weighted by molar-refractivity contribution is -0.363. The average Bonchev–Trinajstić information content (AvgIpc) is 2.69. The smallest absolute Gasteiger partial charge is 0.304 e. The van der Waals surface area contributed by atoms with Crippen LogP contribution in [0.15, 0.2) is 53.5 Å². The first kappa shape index (κ1) is 18.6. The minimum Gasteiger partial charge on any atom is -0.475 e. The molecule has 6 nitrogen and oxygen atoms in total. The zero-order valence-corrected chi connectivity index (χ0v) is 15.6. The molecule has 0 spiro atoms. The number of ether oxygens (including phenoxy) is 1. The predicted molar refractivity (Wildman–Crippen MR) is 105 cm³/mol. The van der Waals surface area contributed by atoms with Gasteiger partial charge in [-0.05, 0) is 43.3 Å². The van der Waals surface area contributed by atoms with Crippen LogP contribution in [-0.4, -0.2) is 24.2 Å². The zero-order valence-electron chi connectivity index (χ0n) is 15.6. The van der Waals surface area contributed by atoms with Crippen LogP contribution in [-0.2, 0) is 0 Å². The molecular weight excluding hydrogens is 340 g/mol. The van der Waals surface area contributed by atoms with Crippen LogP contribution in [0.1, 0.15) is 32.3 Å². The van der Waals surface area contributed by atoms with E-state index in [4.69, 9.17) is 4.74 Å². The molecule has 1 fully saturated rings. The van der Waals surface area contributed by atoms with E-state index in [1.54, 1.807) is 18.3 Å². The van der Waals surface area contributed by atoms with E-state index in [1.165, 1.54) is 5.57 Å². The van der Waals surface area contributed by atoms with Crippen molar-refractivity contribution in [3.63, 3.8) is 0 Å². The lowest BCUT2D eigenvalue weighted by atomic mass is 10.0. The fourth-order valence-corrected chi connectivity index (χ4v) is 2.89. The number of nitroso groups, excluding NO2 is 1. The molecule has 1 aliphatic heterocycles. The Labute approximate surface area is 159 Å². The number of anilines is 1. The molecule has 27 heavy (non-hydrogen) atoms. The molecule has 0 amide bonds. The van der Waals surface area contributed by atoms with Crippen LogP contribution in [0.3, 0.4) is 0 Å². The summed E-state index contributed by atoms with van der Waals surface area (Å²) in [6.07, 6.45) is 7.46. The maximum atomic E-state index is 10.9. The van der Waals surface area contributed by atoms with E-state index >= 15 is 0 Å². The van der Waals surface area contributed by atoms with Gasteiger partial charge in [-0.3, -0.25) is 4.90 Å². The highest BCUT2D eigenvalue weighted by Crippen LogP contribution is 2.26. The van der Waals surface area contributed by atoms with Gasteiger partial charge in [0.05, 0.1) is 25.4 Å². The summed E-state index contributed by atoms with van der Waals surface area (Å²) < 4.78 is 5.53. The molecule has 1 aliphatic rings. The number of H-pyrrole nitrogens is 1. The first-order valence-corrected chi connectivity index (χ1v) is 9.07. The number of nitrogens with zero attached hydrogens (tertiary/aromatic N) is 3. The van der Waals surface area contributed by atoms with Crippen molar-refractivity contribution in [3.8, 4) is 17.7 Å². The van der Waals surface area contributed by atoms with Gasteiger partial charge in [-0.2, -0.15) is 0 Å². The Bertz CT molecular complexity index is 869. The van der Waals surface area contributed by atoms with Crippen molar-refractivity contribution < 1.29 is 9.72 Å². The maximum absolute atomic E-state index is 10.9. The summed E-state index contributed by atoms with van der Waals surface area (Å²) in [6.45, 7) is 5.61. The van der Waals surface area contributed by atoms with Gasteiger partial charge >= 0.3 is 5.82 Å². The first-order chi connectivity index (χ1) is 13.2. The minimum atomic E-state index is 0.108. The van der Waals surface area contributed by atoms with E-state index in [0.29, 0.717) is 11.6 Å². The number of pyridine rings is 2. The van der Waals surface area contributed by atoms with Crippen molar-refractivity contribution >= 4 is 11.5 Å². The SMILES string of the molecule is CC(C)Oc1ccc(C#CC=C2CCN(c3[nH+]cccc3N=O)CC2)cn1. The van der Waals surface area contributed by atoms with Crippen molar-refractivity contribution in [2.75, 3.05) is 18.0 Å². The van der Waals surface area contributed by atoms with E-state index < -0.39 is 0 Å². The summed E-state index contributed by atoms with van der Waals surface area (Å²) in [5.74, 6) is 7.63. The molecular formula is C21H23N4O2+. The number of piperidine rings is 1. The van der Waals surface area contributed by atoms with Gasteiger partial charge in [-0.25, -0.2) is 9.97 Å². The molecule has 6 heteroatoms. The summed E-state index contributed by atoms with van der Waals surface area (Å²) in [5, 5.41) is 3.10. The van der Waals surface area contributed by atoms with Gasteiger partial charge in [-0.1, -0.05) is 17.4 Å². The Morgan fingerprint density at radius 2 is 2.11 bits per heavy atom. The van der Waals surface area contributed by atoms with E-state index in [0.717, 1.165) is 37.3 Å². The molecule has 138 valence electrons. The Balaban J connectivity index is 1.58. The largest absolute Gasteiger partial charge is 0.475 e. The Kier molecular flexibility index (Phi) is 6.16. The van der Waals surface area contributed by atoms with Gasteiger partial charge in [0.15, 0.2) is 5.69 Å². The van der Waals surface area contributed by atoms with Gasteiger partial charge in [0.2, 0.25) is 5.88 Å². The second-order valence-corrected chi connectivity index (χ2v) is 6.61. The normalized spacial score (nSPS) is 13.7. The Morgan fingerprint density at radius 3 is 2.78 bits per heavy atom. The monoisotopic (exact) mass is 363 g/mol. The second-order valence-electron chi connectivity index (χ2n) is 6.61. The fraction of sp³-hybridized carbons (Fsp3) is 0.333. The number of aromatic amines is 1. The first-order valence-electron chi connectivity index (χ1n) is 9.07. The molecule has 0 radical (unpaired) electrons. The number of hydrogen-bond acceptors (Lipinski definition) is 5. The van der Waals surface area contributed by atoms with Crippen molar-refractivity contribution in [2.45, 2.75) is 32.8 Å². The predicted octanol–water partition coefficient (Wildman–Crippen LogP) is 3.66. The summed E-state index contributed by atoms with van der Waals surface area (Å²) in [5.41, 5.74) is 2.62. The van der Waals surface area contributed by atoms with E-state index in [2.05, 4.69) is 31.9 Å². The number of aromatic nitrogens is 2. The van der Waals surface area contributed by atoms with Crippen molar-refractivity contribution in [1.82, 2.24) is 4.98 Å². The Morgan fingerprint density at radius 1 is 1.30 bits per heavy atom. The highest BCUT2D eigenvalue weighted by Gasteiger charge is 2.24. The summed E-state index contributed by atoms with van der Waals surface area (Å²) in [4.78, 5) is 20.5. The molecule has 1 N–H and O–H groups in total. The maximum Gasteiger partial charge on any atom is 0.304 e. The molecule has 0 atom stereocenters. The minimum absolute atomic E-state index is 0.108. The molecule has 0 aromatic carbocycles. The lowest BCUT2D eigenvalue weighted by Crippen LogP contribution is -2.34. The van der Waals surface area contributed by atoms with Crippen LogP contribution < -0.4 is 14.6 Å². The van der Waals surface area contributed by atoms with Crippen molar-refractivity contribution in [3.05, 3.63) is 58.8 Å². The summed E-state index contributed by atoms with van der Waals surface area (Å²) >= 11 is 0. The molecule has 3 heterocycles. The van der Waals surface area contributed by atoms with Gasteiger partial charge in [0, 0.05) is 30.7 Å². The summed E-state index contributed by atoms with van der Waals surface area (Å²) in [7, 11) is 0. The van der Waals surface area contributed by atoms with Crippen LogP contribution in [0.4, 0.5) is 11.5 Å². The second kappa shape index (κ2) is 8.95. The van der Waals surface area contributed by atoms with Crippen LogP contribution in [0.5, 0.6) is 5.88 Å². The van der Waals surface area contributed by atoms with Crippen LogP contribution in [0.2, 0.25) is 0 Å². The lowest BCUT2D eigenvalue weighted by Gasteiger charge is -2.23. The van der Waals surface area contributed by atoms with E-state index in [9.17, 15) is 4.91 Å². The van der Waals surface area contributed by atoms with Gasteiger partial charge in [-0.15, -0.1) is 4.91 Å². The third-order valence-electron chi connectivity index (χ3n) is 4.22. The average molecular weight is 363 g/mol. The molecule has 0 unspecified atom stereocenters. The summed E-state index contributed by atoms with van der Waals surface area (Å²) in [6, 6.07) is 7.26. The van der Waals surface area contributed by atoms with Gasteiger partial charge < -0.3 is 4.74 Å². The van der Waals surface area contributed by atoms with Gasteiger partial charge in [0.1, 0.15) is 0 Å². The molecule has 2 aromatic heterocycles. The third-order valence-corrected chi connectivity index (χ3v) is 4.22. The molecule has 0 aliphatic carbocycles. The molecule has 1 saturated heterocycles.